The van der Waals surface area contributed by atoms with E-state index >= 15 is 0 Å². The number of ether oxygens (including phenoxy) is 1. The molecule has 2 rings (SSSR count). The molecule has 0 aliphatic carbocycles. The highest BCUT2D eigenvalue weighted by Gasteiger charge is 2.32. The molecule has 0 unspecified atom stereocenters. The molecule has 1 heterocycles. The number of sulfonamides is 1. The largest absolute Gasteiger partial charge is 0.373 e. The van der Waals surface area contributed by atoms with Crippen molar-refractivity contribution in [2.75, 3.05) is 13.1 Å². The second-order valence-electron chi connectivity index (χ2n) is 8.31. The van der Waals surface area contributed by atoms with Crippen molar-refractivity contribution in [2.45, 2.75) is 77.0 Å². The van der Waals surface area contributed by atoms with Gasteiger partial charge in [-0.25, -0.2) is 8.42 Å². The Balaban J connectivity index is 2.07. The van der Waals surface area contributed by atoms with Crippen molar-refractivity contribution in [1.82, 2.24) is 9.62 Å². The van der Waals surface area contributed by atoms with Gasteiger partial charge < -0.3 is 10.1 Å². The summed E-state index contributed by atoms with van der Waals surface area (Å²) in [5.41, 5.74) is 0.367. The van der Waals surface area contributed by atoms with Crippen LogP contribution in [0.25, 0.3) is 0 Å². The van der Waals surface area contributed by atoms with Crippen molar-refractivity contribution in [3.63, 3.8) is 0 Å². The summed E-state index contributed by atoms with van der Waals surface area (Å²) in [6.07, 6.45) is 2.78. The van der Waals surface area contributed by atoms with Crippen LogP contribution < -0.4 is 5.32 Å². The van der Waals surface area contributed by atoms with Gasteiger partial charge in [0.2, 0.25) is 10.0 Å². The van der Waals surface area contributed by atoms with Gasteiger partial charge in [-0.15, -0.1) is 0 Å². The maximum absolute atomic E-state index is 13.0. The number of hydrogen-bond donors (Lipinski definition) is 1. The minimum atomic E-state index is -3.66. The first-order valence-electron chi connectivity index (χ1n) is 10.2. The standard InChI is InChI=1S/C21H34N2O4S/c1-15(2)8-6-9-16(3)22-21(24)19-10-7-11-20(12-19)28(25,26)23-13-17(4)27-18(5)14-23/h7,10-12,15-18H,6,8-9,13-14H2,1-5H3,(H,22,24)/t16-,17-,18+/m1/s1. The third-order valence-electron chi connectivity index (χ3n) is 4.92. The van der Waals surface area contributed by atoms with Crippen LogP contribution >= 0.6 is 0 Å². The Morgan fingerprint density at radius 3 is 2.43 bits per heavy atom. The fourth-order valence-electron chi connectivity index (χ4n) is 3.49. The number of rotatable bonds is 8. The molecule has 6 nitrogen and oxygen atoms in total. The van der Waals surface area contributed by atoms with Crippen LogP contribution in [0.15, 0.2) is 29.2 Å². The SMILES string of the molecule is CC(C)CCC[C@@H](C)NC(=O)c1cccc(S(=O)(=O)N2C[C@@H](C)O[C@@H](C)C2)c1. The monoisotopic (exact) mass is 410 g/mol. The summed E-state index contributed by atoms with van der Waals surface area (Å²) in [6, 6.07) is 6.34. The molecule has 0 bridgehead atoms. The molecule has 0 spiro atoms. The number of amides is 1. The lowest BCUT2D eigenvalue weighted by atomic mass is 10.0. The summed E-state index contributed by atoms with van der Waals surface area (Å²) in [5, 5.41) is 2.97. The molecule has 3 atom stereocenters. The summed E-state index contributed by atoms with van der Waals surface area (Å²) in [4.78, 5) is 12.7. The number of benzene rings is 1. The highest BCUT2D eigenvalue weighted by molar-refractivity contribution is 7.89. The van der Waals surface area contributed by atoms with Crippen molar-refractivity contribution in [1.29, 1.82) is 0 Å². The van der Waals surface area contributed by atoms with Gasteiger partial charge >= 0.3 is 0 Å². The molecule has 1 aliphatic rings. The number of carbonyl (C=O) groups excluding carboxylic acids is 1. The fraction of sp³-hybridized carbons (Fsp3) is 0.667. The number of morpholine rings is 1. The highest BCUT2D eigenvalue weighted by atomic mass is 32.2. The molecule has 7 heteroatoms. The molecule has 1 aromatic carbocycles. The molecule has 1 aromatic rings. The Hall–Kier alpha value is -1.44. The van der Waals surface area contributed by atoms with E-state index in [-0.39, 0.29) is 29.1 Å². The van der Waals surface area contributed by atoms with Gasteiger partial charge in [0.1, 0.15) is 0 Å². The van der Waals surface area contributed by atoms with Gasteiger partial charge in [0.25, 0.3) is 5.91 Å². The third kappa shape index (κ3) is 6.29. The molecule has 0 saturated carbocycles. The summed E-state index contributed by atoms with van der Waals surface area (Å²) in [5.74, 6) is 0.410. The van der Waals surface area contributed by atoms with Crippen LogP contribution in [0, 0.1) is 5.92 Å². The Morgan fingerprint density at radius 1 is 1.18 bits per heavy atom. The minimum absolute atomic E-state index is 0.0486. The van der Waals surface area contributed by atoms with E-state index in [0.717, 1.165) is 19.3 Å². The van der Waals surface area contributed by atoms with Gasteiger partial charge in [-0.2, -0.15) is 4.31 Å². The normalized spacial score (nSPS) is 22.2. The van der Waals surface area contributed by atoms with Crippen LogP contribution in [0.2, 0.25) is 0 Å². The molecule has 28 heavy (non-hydrogen) atoms. The van der Waals surface area contributed by atoms with Crippen LogP contribution in [0.5, 0.6) is 0 Å². The van der Waals surface area contributed by atoms with E-state index in [1.54, 1.807) is 18.2 Å². The second kappa shape index (κ2) is 9.85. The highest BCUT2D eigenvalue weighted by Crippen LogP contribution is 2.22. The first-order valence-corrected chi connectivity index (χ1v) is 11.6. The Bertz CT molecular complexity index is 753. The van der Waals surface area contributed by atoms with Crippen LogP contribution in [0.3, 0.4) is 0 Å². The Morgan fingerprint density at radius 2 is 1.82 bits per heavy atom. The second-order valence-corrected chi connectivity index (χ2v) is 10.2. The molecular formula is C21H34N2O4S. The van der Waals surface area contributed by atoms with E-state index in [1.807, 2.05) is 20.8 Å². The fourth-order valence-corrected chi connectivity index (χ4v) is 5.12. The van der Waals surface area contributed by atoms with Gasteiger partial charge in [-0.05, 0) is 51.3 Å². The minimum Gasteiger partial charge on any atom is -0.373 e. The zero-order valence-electron chi connectivity index (χ0n) is 17.6. The smallest absolute Gasteiger partial charge is 0.251 e. The molecule has 1 saturated heterocycles. The van der Waals surface area contributed by atoms with Gasteiger partial charge in [0, 0.05) is 24.7 Å². The average molecular weight is 411 g/mol. The summed E-state index contributed by atoms with van der Waals surface area (Å²) in [6.45, 7) is 10.7. The number of nitrogens with zero attached hydrogens (tertiary/aromatic N) is 1. The summed E-state index contributed by atoms with van der Waals surface area (Å²) in [7, 11) is -3.66. The summed E-state index contributed by atoms with van der Waals surface area (Å²) < 4.78 is 33.1. The molecule has 0 aromatic heterocycles. The molecule has 0 radical (unpaired) electrons. The van der Waals surface area contributed by atoms with Crippen LogP contribution in [0.4, 0.5) is 0 Å². The molecule has 1 aliphatic heterocycles. The average Bonchev–Trinajstić information content (AvgIpc) is 2.60. The maximum Gasteiger partial charge on any atom is 0.251 e. The van der Waals surface area contributed by atoms with Crippen molar-refractivity contribution >= 4 is 15.9 Å². The van der Waals surface area contributed by atoms with Crippen LogP contribution in [-0.2, 0) is 14.8 Å². The van der Waals surface area contributed by atoms with Gasteiger partial charge in [-0.3, -0.25) is 4.79 Å². The molecule has 158 valence electrons. The predicted octanol–water partition coefficient (Wildman–Crippen LogP) is 3.43. The maximum atomic E-state index is 13.0. The first kappa shape index (κ1) is 22.8. The van der Waals surface area contributed by atoms with Crippen molar-refractivity contribution in [3.05, 3.63) is 29.8 Å². The third-order valence-corrected chi connectivity index (χ3v) is 6.74. The predicted molar refractivity (Wildman–Crippen MR) is 111 cm³/mol. The Kier molecular flexibility index (Phi) is 8.04. The number of carbonyl (C=O) groups is 1. The number of nitrogens with one attached hydrogen (secondary N) is 1. The van der Waals surface area contributed by atoms with Crippen LogP contribution in [0.1, 0.15) is 64.2 Å². The molecular weight excluding hydrogens is 376 g/mol. The van der Waals surface area contributed by atoms with E-state index in [9.17, 15) is 13.2 Å². The Labute approximate surface area is 169 Å². The molecule has 1 amide bonds. The first-order chi connectivity index (χ1) is 13.1. The van der Waals surface area contributed by atoms with E-state index in [4.69, 9.17) is 4.74 Å². The van der Waals surface area contributed by atoms with Crippen molar-refractivity contribution < 1.29 is 17.9 Å². The van der Waals surface area contributed by atoms with E-state index in [0.29, 0.717) is 24.6 Å². The van der Waals surface area contributed by atoms with Crippen molar-refractivity contribution in [3.8, 4) is 0 Å². The van der Waals surface area contributed by atoms with E-state index < -0.39 is 10.0 Å². The van der Waals surface area contributed by atoms with Gasteiger partial charge in [0.15, 0.2) is 0 Å². The lowest BCUT2D eigenvalue weighted by molar-refractivity contribution is -0.0440. The van der Waals surface area contributed by atoms with E-state index in [1.165, 1.54) is 10.4 Å². The van der Waals surface area contributed by atoms with Crippen LogP contribution in [-0.4, -0.2) is 50.0 Å². The van der Waals surface area contributed by atoms with Gasteiger partial charge in [-0.1, -0.05) is 32.8 Å². The zero-order valence-corrected chi connectivity index (χ0v) is 18.5. The number of hydrogen-bond acceptors (Lipinski definition) is 4. The summed E-state index contributed by atoms with van der Waals surface area (Å²) >= 11 is 0. The topological polar surface area (TPSA) is 75.7 Å². The van der Waals surface area contributed by atoms with Gasteiger partial charge in [0.05, 0.1) is 17.1 Å². The zero-order chi connectivity index (χ0) is 20.9. The molecule has 1 fully saturated rings. The quantitative estimate of drug-likeness (QED) is 0.712. The van der Waals surface area contributed by atoms with Crippen molar-refractivity contribution in [2.24, 2.45) is 5.92 Å². The molecule has 1 N–H and O–H groups in total. The lowest BCUT2D eigenvalue weighted by Crippen LogP contribution is -2.48. The lowest BCUT2D eigenvalue weighted by Gasteiger charge is -2.34. The van der Waals surface area contributed by atoms with E-state index in [2.05, 4.69) is 19.2 Å².